The van der Waals surface area contributed by atoms with Crippen LogP contribution in [0.25, 0.3) is 0 Å². The van der Waals surface area contributed by atoms with Crippen molar-refractivity contribution in [1.82, 2.24) is 4.90 Å². The van der Waals surface area contributed by atoms with Crippen molar-refractivity contribution >= 4 is 11.7 Å². The van der Waals surface area contributed by atoms with Crippen molar-refractivity contribution < 1.29 is 9.59 Å². The van der Waals surface area contributed by atoms with Gasteiger partial charge in [0.15, 0.2) is 0 Å². The van der Waals surface area contributed by atoms with E-state index < -0.39 is 0 Å². The second kappa shape index (κ2) is 6.63. The first-order valence-electron chi connectivity index (χ1n) is 5.03. The van der Waals surface area contributed by atoms with E-state index >= 15 is 0 Å². The number of rotatable bonds is 1. The number of nitrogens with zero attached hydrogens (tertiary/aromatic N) is 1. The summed E-state index contributed by atoms with van der Waals surface area (Å²) < 4.78 is 0. The van der Waals surface area contributed by atoms with Gasteiger partial charge >= 0.3 is 0 Å². The molecular formula is C10H19NO2. The molecule has 13 heavy (non-hydrogen) atoms. The normalized spacial score (nSPS) is 16.2. The molecule has 0 aromatic heterocycles. The van der Waals surface area contributed by atoms with Gasteiger partial charge in [-0.3, -0.25) is 9.59 Å². The SMILES string of the molecule is CC.CCC(=O)N1CCC(=O)CC1. The highest BCUT2D eigenvalue weighted by Gasteiger charge is 2.18. The van der Waals surface area contributed by atoms with Crippen molar-refractivity contribution in [2.75, 3.05) is 13.1 Å². The molecule has 1 aliphatic heterocycles. The van der Waals surface area contributed by atoms with E-state index in [1.165, 1.54) is 0 Å². The Bertz CT molecular complexity index is 168. The third kappa shape index (κ3) is 4.06. The quantitative estimate of drug-likeness (QED) is 0.622. The van der Waals surface area contributed by atoms with Crippen molar-refractivity contribution in [3.8, 4) is 0 Å². The van der Waals surface area contributed by atoms with Gasteiger partial charge in [-0.05, 0) is 0 Å². The number of carbonyl (C=O) groups excluding carboxylic acids is 2. The summed E-state index contributed by atoms with van der Waals surface area (Å²) in [5, 5.41) is 0. The molecule has 0 aromatic rings. The number of hydrogen-bond acceptors (Lipinski definition) is 2. The highest BCUT2D eigenvalue weighted by molar-refractivity contribution is 5.83. The molecule has 76 valence electrons. The Hall–Kier alpha value is -0.860. The van der Waals surface area contributed by atoms with Crippen LogP contribution in [0.15, 0.2) is 0 Å². The van der Waals surface area contributed by atoms with E-state index in [1.54, 1.807) is 4.90 Å². The lowest BCUT2D eigenvalue weighted by Crippen LogP contribution is -2.38. The molecule has 0 bridgehead atoms. The summed E-state index contributed by atoms with van der Waals surface area (Å²) in [7, 11) is 0. The molecule has 1 saturated heterocycles. The lowest BCUT2D eigenvalue weighted by atomic mass is 10.1. The number of Topliss-reactive ketones (excluding diaryl/α,β-unsaturated/α-hetero) is 1. The fraction of sp³-hybridized carbons (Fsp3) is 0.800. The first kappa shape index (κ1) is 12.1. The molecule has 0 unspecified atom stereocenters. The Balaban J connectivity index is 0.000000671. The lowest BCUT2D eigenvalue weighted by molar-refractivity contribution is -0.134. The van der Waals surface area contributed by atoms with Crippen LogP contribution < -0.4 is 0 Å². The number of carbonyl (C=O) groups is 2. The summed E-state index contributed by atoms with van der Waals surface area (Å²) >= 11 is 0. The molecule has 3 heteroatoms. The second-order valence-corrected chi connectivity index (χ2v) is 2.77. The van der Waals surface area contributed by atoms with E-state index in [4.69, 9.17) is 0 Å². The van der Waals surface area contributed by atoms with Gasteiger partial charge in [0.2, 0.25) is 5.91 Å². The van der Waals surface area contributed by atoms with Crippen LogP contribution in [-0.4, -0.2) is 29.7 Å². The molecule has 1 amide bonds. The molecule has 0 saturated carbocycles. The molecular weight excluding hydrogens is 166 g/mol. The first-order chi connectivity index (χ1) is 6.24. The summed E-state index contributed by atoms with van der Waals surface area (Å²) in [5.41, 5.74) is 0. The number of likely N-dealkylation sites (tertiary alicyclic amines) is 1. The molecule has 0 aromatic carbocycles. The van der Waals surface area contributed by atoms with Crippen molar-refractivity contribution in [3.63, 3.8) is 0 Å². The van der Waals surface area contributed by atoms with Gasteiger partial charge in [0.1, 0.15) is 5.78 Å². The van der Waals surface area contributed by atoms with Gasteiger partial charge in [-0.2, -0.15) is 0 Å². The van der Waals surface area contributed by atoms with Gasteiger partial charge in [-0.25, -0.2) is 0 Å². The minimum Gasteiger partial charge on any atom is -0.342 e. The number of ketones is 1. The van der Waals surface area contributed by atoms with Gasteiger partial charge in [-0.1, -0.05) is 20.8 Å². The summed E-state index contributed by atoms with van der Waals surface area (Å²) in [4.78, 5) is 23.6. The fourth-order valence-corrected chi connectivity index (χ4v) is 1.23. The van der Waals surface area contributed by atoms with Crippen LogP contribution in [0.2, 0.25) is 0 Å². The number of hydrogen-bond donors (Lipinski definition) is 0. The van der Waals surface area contributed by atoms with Crippen molar-refractivity contribution in [3.05, 3.63) is 0 Å². The molecule has 1 fully saturated rings. The summed E-state index contributed by atoms with van der Waals surface area (Å²) in [6.07, 6.45) is 1.64. The van der Waals surface area contributed by atoms with E-state index in [-0.39, 0.29) is 11.7 Å². The van der Waals surface area contributed by atoms with Crippen LogP contribution in [0, 0.1) is 0 Å². The Morgan fingerprint density at radius 2 is 1.77 bits per heavy atom. The lowest BCUT2D eigenvalue weighted by Gasteiger charge is -2.25. The summed E-state index contributed by atoms with van der Waals surface area (Å²) in [5.74, 6) is 0.447. The van der Waals surface area contributed by atoms with E-state index in [0.29, 0.717) is 32.4 Å². The highest BCUT2D eigenvalue weighted by Crippen LogP contribution is 2.06. The summed E-state index contributed by atoms with van der Waals surface area (Å²) in [6.45, 7) is 7.11. The highest BCUT2D eigenvalue weighted by atomic mass is 16.2. The topological polar surface area (TPSA) is 37.4 Å². The Morgan fingerprint density at radius 1 is 1.31 bits per heavy atom. The van der Waals surface area contributed by atoms with E-state index in [0.717, 1.165) is 0 Å². The summed E-state index contributed by atoms with van der Waals surface area (Å²) in [6, 6.07) is 0. The van der Waals surface area contributed by atoms with Crippen molar-refractivity contribution in [2.45, 2.75) is 40.0 Å². The maximum Gasteiger partial charge on any atom is 0.222 e. The maximum absolute atomic E-state index is 11.1. The van der Waals surface area contributed by atoms with Gasteiger partial charge in [0.05, 0.1) is 0 Å². The molecule has 0 spiro atoms. The standard InChI is InChI=1S/C8H13NO2.C2H6/c1-2-8(11)9-5-3-7(10)4-6-9;1-2/h2-6H2,1H3;1-2H3. The van der Waals surface area contributed by atoms with Crippen LogP contribution in [0.4, 0.5) is 0 Å². The molecule has 0 radical (unpaired) electrons. The smallest absolute Gasteiger partial charge is 0.222 e. The predicted octanol–water partition coefficient (Wildman–Crippen LogP) is 1.61. The van der Waals surface area contributed by atoms with E-state index in [1.807, 2.05) is 20.8 Å². The van der Waals surface area contributed by atoms with E-state index in [2.05, 4.69) is 0 Å². The van der Waals surface area contributed by atoms with E-state index in [9.17, 15) is 9.59 Å². The van der Waals surface area contributed by atoms with Crippen LogP contribution in [0.3, 0.4) is 0 Å². The molecule has 0 N–H and O–H groups in total. The third-order valence-electron chi connectivity index (χ3n) is 1.98. The molecule has 1 aliphatic rings. The number of piperidine rings is 1. The average molecular weight is 185 g/mol. The molecule has 0 aliphatic carbocycles. The first-order valence-corrected chi connectivity index (χ1v) is 5.03. The van der Waals surface area contributed by atoms with Gasteiger partial charge < -0.3 is 4.90 Å². The maximum atomic E-state index is 11.1. The zero-order valence-electron chi connectivity index (χ0n) is 8.80. The fourth-order valence-electron chi connectivity index (χ4n) is 1.23. The zero-order chi connectivity index (χ0) is 10.3. The molecule has 3 nitrogen and oxygen atoms in total. The third-order valence-corrected chi connectivity index (χ3v) is 1.98. The number of amides is 1. The van der Waals surface area contributed by atoms with Crippen LogP contribution in [-0.2, 0) is 9.59 Å². The molecule has 1 rings (SSSR count). The molecule has 1 heterocycles. The molecule has 0 atom stereocenters. The van der Waals surface area contributed by atoms with Gasteiger partial charge in [0, 0.05) is 32.4 Å². The van der Waals surface area contributed by atoms with Gasteiger partial charge in [0.25, 0.3) is 0 Å². The van der Waals surface area contributed by atoms with Crippen LogP contribution >= 0.6 is 0 Å². The minimum absolute atomic E-state index is 0.164. The minimum atomic E-state index is 0.164. The monoisotopic (exact) mass is 185 g/mol. The van der Waals surface area contributed by atoms with Crippen molar-refractivity contribution in [1.29, 1.82) is 0 Å². The van der Waals surface area contributed by atoms with Crippen molar-refractivity contribution in [2.24, 2.45) is 0 Å². The average Bonchev–Trinajstić information content (AvgIpc) is 2.21. The van der Waals surface area contributed by atoms with Gasteiger partial charge in [-0.15, -0.1) is 0 Å². The largest absolute Gasteiger partial charge is 0.342 e. The second-order valence-electron chi connectivity index (χ2n) is 2.77. The zero-order valence-corrected chi connectivity index (χ0v) is 8.80. The van der Waals surface area contributed by atoms with Crippen LogP contribution in [0.1, 0.15) is 40.0 Å². The Morgan fingerprint density at radius 3 is 2.15 bits per heavy atom. The Kier molecular flexibility index (Phi) is 6.20. The Labute approximate surface area is 80.1 Å². The van der Waals surface area contributed by atoms with Crippen LogP contribution in [0.5, 0.6) is 0 Å². The predicted molar refractivity (Wildman–Crippen MR) is 52.5 cm³/mol.